The van der Waals surface area contributed by atoms with Crippen LogP contribution in [0.4, 0.5) is 5.69 Å². The van der Waals surface area contributed by atoms with Crippen LogP contribution in [0.2, 0.25) is 5.02 Å². The number of hydrogen-bond acceptors (Lipinski definition) is 3. The summed E-state index contributed by atoms with van der Waals surface area (Å²) in [4.78, 5) is 0. The van der Waals surface area contributed by atoms with Gasteiger partial charge in [0, 0.05) is 24.2 Å². The number of halogens is 1. The maximum atomic E-state index is 12.5. The van der Waals surface area contributed by atoms with Gasteiger partial charge in [0.1, 0.15) is 0 Å². The fraction of sp³-hybridized carbons (Fsp3) is 0.538. The molecule has 0 saturated carbocycles. The summed E-state index contributed by atoms with van der Waals surface area (Å²) in [5.41, 5.74) is 6.92. The van der Waals surface area contributed by atoms with Crippen molar-refractivity contribution in [1.29, 1.82) is 0 Å². The first-order valence-corrected chi connectivity index (χ1v) is 8.52. The van der Waals surface area contributed by atoms with E-state index in [1.807, 2.05) is 0 Å². The third kappa shape index (κ3) is 3.25. The van der Waals surface area contributed by atoms with Gasteiger partial charge in [-0.2, -0.15) is 12.7 Å². The summed E-state index contributed by atoms with van der Waals surface area (Å²) in [6.45, 7) is 2.64. The van der Waals surface area contributed by atoms with Crippen LogP contribution in [0.3, 0.4) is 0 Å². The van der Waals surface area contributed by atoms with Gasteiger partial charge in [-0.25, -0.2) is 0 Å². The van der Waals surface area contributed by atoms with Crippen molar-refractivity contribution in [3.8, 4) is 0 Å². The number of rotatable bonds is 4. The second-order valence-corrected chi connectivity index (χ2v) is 7.05. The summed E-state index contributed by atoms with van der Waals surface area (Å²) in [5.74, 6) is 0. The number of nitrogens with two attached hydrogens (primary N) is 1. The third-order valence-electron chi connectivity index (χ3n) is 3.66. The van der Waals surface area contributed by atoms with Crippen molar-refractivity contribution in [1.82, 2.24) is 4.31 Å². The van der Waals surface area contributed by atoms with Crippen molar-refractivity contribution in [3.63, 3.8) is 0 Å². The van der Waals surface area contributed by atoms with Crippen LogP contribution in [0.1, 0.15) is 24.8 Å². The van der Waals surface area contributed by atoms with Crippen LogP contribution in [0, 0.1) is 6.92 Å². The molecule has 1 saturated heterocycles. The first kappa shape index (κ1) is 15.6. The molecule has 1 aromatic rings. The van der Waals surface area contributed by atoms with Crippen molar-refractivity contribution >= 4 is 27.5 Å². The molecule has 1 atom stereocenters. The van der Waals surface area contributed by atoms with E-state index in [4.69, 9.17) is 17.3 Å². The molecule has 5 nitrogen and oxygen atoms in total. The second-order valence-electron chi connectivity index (χ2n) is 5.02. The van der Waals surface area contributed by atoms with E-state index in [0.717, 1.165) is 24.8 Å². The average Bonchev–Trinajstić information content (AvgIpc) is 2.43. The summed E-state index contributed by atoms with van der Waals surface area (Å²) in [6.07, 6.45) is 2.70. The van der Waals surface area contributed by atoms with Crippen LogP contribution in [-0.2, 0) is 10.2 Å². The fourth-order valence-electron chi connectivity index (χ4n) is 2.44. The smallest absolute Gasteiger partial charge is 0.301 e. The minimum absolute atomic E-state index is 0.124. The summed E-state index contributed by atoms with van der Waals surface area (Å²) >= 11 is 6.02. The maximum absolute atomic E-state index is 12.5. The van der Waals surface area contributed by atoms with Crippen molar-refractivity contribution in [2.45, 2.75) is 32.2 Å². The van der Waals surface area contributed by atoms with Crippen LogP contribution >= 0.6 is 11.6 Å². The van der Waals surface area contributed by atoms with Gasteiger partial charge in [0.25, 0.3) is 0 Å². The number of benzene rings is 1. The molecule has 112 valence electrons. The molecule has 0 bridgehead atoms. The lowest BCUT2D eigenvalue weighted by atomic mass is 10.1. The summed E-state index contributed by atoms with van der Waals surface area (Å²) in [7, 11) is -3.59. The molecule has 1 heterocycles. The standard InChI is InChI=1S/C13H20ClN3O2S/c1-10-12(14)6-4-7-13(10)16-20(18,19)17-8-3-2-5-11(17)9-15/h4,6-7,11,16H,2-3,5,8-9,15H2,1H3. The lowest BCUT2D eigenvalue weighted by Crippen LogP contribution is -2.49. The summed E-state index contributed by atoms with van der Waals surface area (Å²) < 4.78 is 29.1. The SMILES string of the molecule is Cc1c(Cl)cccc1NS(=O)(=O)N1CCCCC1CN. The van der Waals surface area contributed by atoms with Crippen LogP contribution in [0.25, 0.3) is 0 Å². The first-order valence-electron chi connectivity index (χ1n) is 6.70. The van der Waals surface area contributed by atoms with E-state index < -0.39 is 10.2 Å². The molecule has 1 unspecified atom stereocenters. The number of anilines is 1. The Morgan fingerprint density at radius 2 is 2.20 bits per heavy atom. The van der Waals surface area contributed by atoms with E-state index in [-0.39, 0.29) is 6.04 Å². The molecule has 2 rings (SSSR count). The van der Waals surface area contributed by atoms with Gasteiger partial charge in [-0.1, -0.05) is 24.1 Å². The molecule has 0 aromatic heterocycles. The van der Waals surface area contributed by atoms with Crippen molar-refractivity contribution in [2.75, 3.05) is 17.8 Å². The Labute approximate surface area is 125 Å². The van der Waals surface area contributed by atoms with E-state index in [9.17, 15) is 8.42 Å². The zero-order chi connectivity index (χ0) is 14.8. The van der Waals surface area contributed by atoms with Gasteiger partial charge in [-0.05, 0) is 37.5 Å². The van der Waals surface area contributed by atoms with Gasteiger partial charge >= 0.3 is 10.2 Å². The van der Waals surface area contributed by atoms with Crippen LogP contribution < -0.4 is 10.5 Å². The van der Waals surface area contributed by atoms with Gasteiger partial charge in [0.05, 0.1) is 5.69 Å². The van der Waals surface area contributed by atoms with Gasteiger partial charge in [0.15, 0.2) is 0 Å². The van der Waals surface area contributed by atoms with E-state index >= 15 is 0 Å². The zero-order valence-corrected chi connectivity index (χ0v) is 13.0. The zero-order valence-electron chi connectivity index (χ0n) is 11.5. The highest BCUT2D eigenvalue weighted by Crippen LogP contribution is 2.26. The Morgan fingerprint density at radius 1 is 1.45 bits per heavy atom. The predicted octanol–water partition coefficient (Wildman–Crippen LogP) is 2.12. The lowest BCUT2D eigenvalue weighted by molar-refractivity contribution is 0.259. The molecular weight excluding hydrogens is 298 g/mol. The van der Waals surface area contributed by atoms with Gasteiger partial charge in [-0.15, -0.1) is 0 Å². The molecule has 20 heavy (non-hydrogen) atoms. The Balaban J connectivity index is 2.24. The lowest BCUT2D eigenvalue weighted by Gasteiger charge is -2.34. The first-order chi connectivity index (χ1) is 9.45. The molecule has 0 radical (unpaired) electrons. The largest absolute Gasteiger partial charge is 0.329 e. The predicted molar refractivity (Wildman–Crippen MR) is 82.1 cm³/mol. The van der Waals surface area contributed by atoms with Crippen LogP contribution in [0.5, 0.6) is 0 Å². The molecular formula is C13H20ClN3O2S. The van der Waals surface area contributed by atoms with Gasteiger partial charge in [-0.3, -0.25) is 4.72 Å². The average molecular weight is 318 g/mol. The number of nitrogens with zero attached hydrogens (tertiary/aromatic N) is 1. The summed E-state index contributed by atoms with van der Waals surface area (Å²) in [5, 5.41) is 0.541. The number of hydrogen-bond donors (Lipinski definition) is 2. The minimum Gasteiger partial charge on any atom is -0.329 e. The van der Waals surface area contributed by atoms with E-state index in [0.29, 0.717) is 23.8 Å². The van der Waals surface area contributed by atoms with Gasteiger partial charge in [0.2, 0.25) is 0 Å². The minimum atomic E-state index is -3.59. The van der Waals surface area contributed by atoms with Crippen LogP contribution in [-0.4, -0.2) is 31.9 Å². The molecule has 0 spiro atoms. The second kappa shape index (κ2) is 6.30. The Kier molecular flexibility index (Phi) is 4.90. The third-order valence-corrected chi connectivity index (χ3v) is 5.65. The highest BCUT2D eigenvalue weighted by atomic mass is 35.5. The number of nitrogens with one attached hydrogen (secondary N) is 1. The van der Waals surface area contributed by atoms with Gasteiger partial charge < -0.3 is 5.73 Å². The quantitative estimate of drug-likeness (QED) is 0.893. The molecule has 0 amide bonds. The topological polar surface area (TPSA) is 75.4 Å². The maximum Gasteiger partial charge on any atom is 0.301 e. The molecule has 1 aliphatic heterocycles. The molecule has 3 N–H and O–H groups in total. The Hall–Kier alpha value is -0.820. The van der Waals surface area contributed by atoms with Crippen molar-refractivity contribution in [2.24, 2.45) is 5.73 Å². The summed E-state index contributed by atoms with van der Waals surface area (Å²) in [6, 6.07) is 5.04. The van der Waals surface area contributed by atoms with Crippen LogP contribution in [0.15, 0.2) is 18.2 Å². The van der Waals surface area contributed by atoms with E-state index in [2.05, 4.69) is 4.72 Å². The van der Waals surface area contributed by atoms with E-state index in [1.165, 1.54) is 4.31 Å². The molecule has 1 fully saturated rings. The van der Waals surface area contributed by atoms with Crippen molar-refractivity contribution < 1.29 is 8.42 Å². The fourth-order valence-corrected chi connectivity index (χ4v) is 4.19. The normalized spacial score (nSPS) is 20.9. The molecule has 1 aliphatic rings. The number of piperidine rings is 1. The molecule has 1 aromatic carbocycles. The highest BCUT2D eigenvalue weighted by molar-refractivity contribution is 7.90. The van der Waals surface area contributed by atoms with E-state index in [1.54, 1.807) is 25.1 Å². The monoisotopic (exact) mass is 317 g/mol. The van der Waals surface area contributed by atoms with Crippen molar-refractivity contribution in [3.05, 3.63) is 28.8 Å². The Morgan fingerprint density at radius 3 is 2.90 bits per heavy atom. The Bertz CT molecular complexity index is 577. The molecule has 7 heteroatoms. The molecule has 0 aliphatic carbocycles. The highest BCUT2D eigenvalue weighted by Gasteiger charge is 2.31.